The lowest BCUT2D eigenvalue weighted by Crippen LogP contribution is -2.24. The zero-order chi connectivity index (χ0) is 14.8. The number of aromatic nitrogens is 3. The molecule has 0 atom stereocenters. The van der Waals surface area contributed by atoms with E-state index in [9.17, 15) is 4.79 Å². The van der Waals surface area contributed by atoms with Crippen LogP contribution < -0.4 is 11.3 Å². The molecule has 0 radical (unpaired) electrons. The van der Waals surface area contributed by atoms with Gasteiger partial charge in [-0.05, 0) is 29.3 Å². The third-order valence-electron chi connectivity index (χ3n) is 3.30. The van der Waals surface area contributed by atoms with E-state index in [0.717, 1.165) is 11.1 Å². The Morgan fingerprint density at radius 1 is 1.19 bits per heavy atom. The number of nitrogens with zero attached hydrogens (tertiary/aromatic N) is 3. The second kappa shape index (κ2) is 5.63. The summed E-state index contributed by atoms with van der Waals surface area (Å²) in [6.45, 7) is 0.704. The van der Waals surface area contributed by atoms with E-state index in [1.807, 2.05) is 18.2 Å². The lowest BCUT2D eigenvalue weighted by atomic mass is 10.1. The number of halogens is 1. The number of fused-ring (bicyclic) bond motifs is 1. The first-order valence-corrected chi connectivity index (χ1v) is 6.87. The van der Waals surface area contributed by atoms with Crippen molar-refractivity contribution in [2.75, 3.05) is 0 Å². The van der Waals surface area contributed by atoms with E-state index in [4.69, 9.17) is 17.3 Å². The molecule has 6 heteroatoms. The Labute approximate surface area is 126 Å². The third-order valence-corrected chi connectivity index (χ3v) is 3.65. The smallest absolute Gasteiger partial charge is 0.277 e. The van der Waals surface area contributed by atoms with Crippen molar-refractivity contribution < 1.29 is 0 Å². The summed E-state index contributed by atoms with van der Waals surface area (Å²) in [4.78, 5) is 12.4. The minimum atomic E-state index is -0.181. The molecule has 0 aliphatic carbocycles. The van der Waals surface area contributed by atoms with Gasteiger partial charge in [-0.2, -0.15) is 0 Å². The fraction of sp³-hybridized carbons (Fsp3) is 0.133. The van der Waals surface area contributed by atoms with Crippen molar-refractivity contribution in [2.24, 2.45) is 5.73 Å². The van der Waals surface area contributed by atoms with Gasteiger partial charge in [0.25, 0.3) is 5.56 Å². The molecule has 3 aromatic rings. The van der Waals surface area contributed by atoms with Crippen LogP contribution >= 0.6 is 11.6 Å². The van der Waals surface area contributed by atoms with E-state index >= 15 is 0 Å². The summed E-state index contributed by atoms with van der Waals surface area (Å²) in [6, 6.07) is 12.7. The van der Waals surface area contributed by atoms with Crippen molar-refractivity contribution in [2.45, 2.75) is 13.1 Å². The standard InChI is InChI=1S/C15H13ClN4O/c16-13-7-10(8-17)5-6-11(13)9-20-15(21)12-3-1-2-4-14(12)18-19-20/h1-7H,8-9,17H2. The number of rotatable bonds is 3. The highest BCUT2D eigenvalue weighted by molar-refractivity contribution is 6.31. The topological polar surface area (TPSA) is 73.8 Å². The highest BCUT2D eigenvalue weighted by Gasteiger charge is 2.08. The molecule has 2 aromatic carbocycles. The molecule has 1 aromatic heterocycles. The second-order valence-electron chi connectivity index (χ2n) is 4.70. The van der Waals surface area contributed by atoms with Crippen molar-refractivity contribution in [3.05, 3.63) is 69.0 Å². The summed E-state index contributed by atoms with van der Waals surface area (Å²) in [5.41, 5.74) is 7.73. The largest absolute Gasteiger partial charge is 0.326 e. The van der Waals surface area contributed by atoms with Crippen LogP contribution in [0.15, 0.2) is 47.3 Å². The molecule has 0 amide bonds. The van der Waals surface area contributed by atoms with Gasteiger partial charge < -0.3 is 5.73 Å². The SMILES string of the molecule is NCc1ccc(Cn2nnc3ccccc3c2=O)c(Cl)c1. The predicted octanol–water partition coefficient (Wildman–Crippen LogP) is 1.95. The van der Waals surface area contributed by atoms with E-state index in [0.29, 0.717) is 22.5 Å². The van der Waals surface area contributed by atoms with Gasteiger partial charge in [-0.1, -0.05) is 41.1 Å². The van der Waals surface area contributed by atoms with Gasteiger partial charge in [0.2, 0.25) is 0 Å². The molecular formula is C15H13ClN4O. The lowest BCUT2D eigenvalue weighted by Gasteiger charge is -2.08. The quantitative estimate of drug-likeness (QED) is 0.802. The minimum Gasteiger partial charge on any atom is -0.326 e. The lowest BCUT2D eigenvalue weighted by molar-refractivity contribution is 0.600. The highest BCUT2D eigenvalue weighted by Crippen LogP contribution is 2.18. The Bertz CT molecular complexity index is 860. The van der Waals surface area contributed by atoms with Crippen LogP contribution in [-0.4, -0.2) is 15.0 Å². The molecule has 21 heavy (non-hydrogen) atoms. The first kappa shape index (κ1) is 13.7. The van der Waals surface area contributed by atoms with E-state index < -0.39 is 0 Å². The van der Waals surface area contributed by atoms with Gasteiger partial charge in [0.05, 0.1) is 11.9 Å². The molecule has 106 valence electrons. The monoisotopic (exact) mass is 300 g/mol. The summed E-state index contributed by atoms with van der Waals surface area (Å²) in [7, 11) is 0. The molecule has 0 aliphatic heterocycles. The zero-order valence-electron chi connectivity index (χ0n) is 11.2. The molecule has 0 spiro atoms. The Hall–Kier alpha value is -2.24. The zero-order valence-corrected chi connectivity index (χ0v) is 11.9. The van der Waals surface area contributed by atoms with Crippen LogP contribution in [0.3, 0.4) is 0 Å². The summed E-state index contributed by atoms with van der Waals surface area (Å²) in [5.74, 6) is 0. The van der Waals surface area contributed by atoms with Crippen molar-refractivity contribution in [1.82, 2.24) is 15.0 Å². The maximum absolute atomic E-state index is 12.4. The van der Waals surface area contributed by atoms with Crippen LogP contribution in [-0.2, 0) is 13.1 Å². The molecule has 5 nitrogen and oxygen atoms in total. The van der Waals surface area contributed by atoms with E-state index in [1.165, 1.54) is 4.68 Å². The summed E-state index contributed by atoms with van der Waals surface area (Å²) in [5, 5.41) is 9.12. The third kappa shape index (κ3) is 2.66. The van der Waals surface area contributed by atoms with Crippen LogP contribution in [0.4, 0.5) is 0 Å². The normalized spacial score (nSPS) is 11.0. The highest BCUT2D eigenvalue weighted by atomic mass is 35.5. The van der Waals surface area contributed by atoms with Crippen LogP contribution in [0.1, 0.15) is 11.1 Å². The maximum Gasteiger partial charge on any atom is 0.277 e. The van der Waals surface area contributed by atoms with Crippen molar-refractivity contribution in [1.29, 1.82) is 0 Å². The summed E-state index contributed by atoms with van der Waals surface area (Å²) in [6.07, 6.45) is 0. The van der Waals surface area contributed by atoms with Gasteiger partial charge in [0.1, 0.15) is 5.52 Å². The molecular weight excluding hydrogens is 288 g/mol. The predicted molar refractivity (Wildman–Crippen MR) is 82.2 cm³/mol. The first-order valence-electron chi connectivity index (χ1n) is 6.49. The Morgan fingerprint density at radius 3 is 2.76 bits per heavy atom. The Morgan fingerprint density at radius 2 is 2.00 bits per heavy atom. The molecule has 0 saturated heterocycles. The molecule has 0 fully saturated rings. The Kier molecular flexibility index (Phi) is 3.68. The van der Waals surface area contributed by atoms with E-state index in [2.05, 4.69) is 10.3 Å². The van der Waals surface area contributed by atoms with Gasteiger partial charge in [0.15, 0.2) is 0 Å². The van der Waals surface area contributed by atoms with Gasteiger partial charge in [-0.3, -0.25) is 4.79 Å². The number of benzene rings is 2. The summed E-state index contributed by atoms with van der Waals surface area (Å²) >= 11 is 6.21. The van der Waals surface area contributed by atoms with Gasteiger partial charge in [0, 0.05) is 11.6 Å². The molecule has 0 aliphatic rings. The van der Waals surface area contributed by atoms with Crippen LogP contribution in [0, 0.1) is 0 Å². The van der Waals surface area contributed by atoms with Gasteiger partial charge >= 0.3 is 0 Å². The molecule has 3 rings (SSSR count). The minimum absolute atomic E-state index is 0.181. The van der Waals surface area contributed by atoms with Crippen LogP contribution in [0.2, 0.25) is 5.02 Å². The average molecular weight is 301 g/mol. The van der Waals surface area contributed by atoms with Crippen molar-refractivity contribution >= 4 is 22.5 Å². The van der Waals surface area contributed by atoms with E-state index in [1.54, 1.807) is 24.3 Å². The fourth-order valence-electron chi connectivity index (χ4n) is 2.13. The molecule has 2 N–H and O–H groups in total. The molecule has 1 heterocycles. The molecule has 0 saturated carbocycles. The fourth-order valence-corrected chi connectivity index (χ4v) is 2.40. The van der Waals surface area contributed by atoms with Gasteiger partial charge in [-0.25, -0.2) is 4.68 Å². The van der Waals surface area contributed by atoms with E-state index in [-0.39, 0.29) is 12.1 Å². The average Bonchev–Trinajstić information content (AvgIpc) is 2.52. The number of hydrogen-bond donors (Lipinski definition) is 1. The number of hydrogen-bond acceptors (Lipinski definition) is 4. The first-order chi connectivity index (χ1) is 10.2. The molecule has 0 bridgehead atoms. The van der Waals surface area contributed by atoms with Gasteiger partial charge in [-0.15, -0.1) is 5.10 Å². The van der Waals surface area contributed by atoms with Crippen LogP contribution in [0.25, 0.3) is 10.9 Å². The maximum atomic E-state index is 12.4. The molecule has 0 unspecified atom stereocenters. The van der Waals surface area contributed by atoms with Crippen LogP contribution in [0.5, 0.6) is 0 Å². The summed E-state index contributed by atoms with van der Waals surface area (Å²) < 4.78 is 1.31. The van der Waals surface area contributed by atoms with Crippen molar-refractivity contribution in [3.63, 3.8) is 0 Å². The second-order valence-corrected chi connectivity index (χ2v) is 5.11. The number of nitrogens with two attached hydrogens (primary N) is 1. The Balaban J connectivity index is 2.02. The van der Waals surface area contributed by atoms with Crippen molar-refractivity contribution in [3.8, 4) is 0 Å².